The van der Waals surface area contributed by atoms with E-state index in [9.17, 15) is 4.39 Å². The first-order valence-corrected chi connectivity index (χ1v) is 6.88. The number of pyridine rings is 1. The summed E-state index contributed by atoms with van der Waals surface area (Å²) in [5.41, 5.74) is 1.72. The van der Waals surface area contributed by atoms with Crippen LogP contribution in [0.1, 0.15) is 25.1 Å². The molecule has 0 bridgehead atoms. The molecular formula is C14H19FN4O. The van der Waals surface area contributed by atoms with Crippen molar-refractivity contribution in [2.75, 3.05) is 25.1 Å². The Morgan fingerprint density at radius 2 is 2.35 bits per heavy atom. The maximum atomic E-state index is 14.2. The molecule has 108 valence electrons. The summed E-state index contributed by atoms with van der Waals surface area (Å²) in [5.74, 6) is 0.563. The zero-order valence-electron chi connectivity index (χ0n) is 12.0. The first kappa shape index (κ1) is 13.3. The number of oxime groups is 1. The SMILES string of the molecule is CO/N=C(\C)c1nc2c(cc1F)C[C@@H]1CNC[C@@H](C)N21. The molecule has 20 heavy (non-hydrogen) atoms. The van der Waals surface area contributed by atoms with Crippen molar-refractivity contribution < 1.29 is 9.23 Å². The van der Waals surface area contributed by atoms with E-state index < -0.39 is 0 Å². The predicted octanol–water partition coefficient (Wildman–Crippen LogP) is 1.31. The quantitative estimate of drug-likeness (QED) is 0.654. The first-order chi connectivity index (χ1) is 9.61. The second-order valence-electron chi connectivity index (χ2n) is 5.43. The van der Waals surface area contributed by atoms with E-state index in [0.717, 1.165) is 30.9 Å². The summed E-state index contributed by atoms with van der Waals surface area (Å²) in [6, 6.07) is 2.33. The van der Waals surface area contributed by atoms with E-state index in [-0.39, 0.29) is 11.5 Å². The number of aromatic nitrogens is 1. The standard InChI is InChI=1S/C14H19FN4O/c1-8-6-16-7-11-4-10-5-12(15)13(9(2)18-20-3)17-14(10)19(8)11/h5,8,11,16H,4,6-7H2,1-3H3/b18-9+/t8-,11-/m1/s1. The first-order valence-electron chi connectivity index (χ1n) is 6.88. The highest BCUT2D eigenvalue weighted by atomic mass is 19.1. The molecular weight excluding hydrogens is 259 g/mol. The molecule has 6 heteroatoms. The number of piperazine rings is 1. The second kappa shape index (κ2) is 5.01. The number of anilines is 1. The summed E-state index contributed by atoms with van der Waals surface area (Å²) in [5, 5.41) is 7.19. The Balaban J connectivity index is 2.04. The van der Waals surface area contributed by atoms with Crippen LogP contribution in [0.15, 0.2) is 11.2 Å². The van der Waals surface area contributed by atoms with Gasteiger partial charge in [0.25, 0.3) is 0 Å². The van der Waals surface area contributed by atoms with Gasteiger partial charge in [-0.1, -0.05) is 5.16 Å². The third-order valence-corrected chi connectivity index (χ3v) is 3.99. The summed E-state index contributed by atoms with van der Waals surface area (Å²) in [4.78, 5) is 11.5. The maximum absolute atomic E-state index is 14.2. The van der Waals surface area contributed by atoms with Gasteiger partial charge in [0.15, 0.2) is 5.82 Å². The number of halogens is 1. The van der Waals surface area contributed by atoms with Crippen molar-refractivity contribution >= 4 is 11.5 Å². The molecule has 1 aromatic heterocycles. The predicted molar refractivity (Wildman–Crippen MR) is 75.7 cm³/mol. The van der Waals surface area contributed by atoms with Crippen molar-refractivity contribution in [2.45, 2.75) is 32.4 Å². The summed E-state index contributed by atoms with van der Waals surface area (Å²) >= 11 is 0. The number of nitrogens with zero attached hydrogens (tertiary/aromatic N) is 3. The normalized spacial score (nSPS) is 25.4. The number of nitrogens with one attached hydrogen (secondary N) is 1. The van der Waals surface area contributed by atoms with Gasteiger partial charge in [-0.25, -0.2) is 9.37 Å². The van der Waals surface area contributed by atoms with Crippen LogP contribution in [-0.4, -0.2) is 43.0 Å². The summed E-state index contributed by atoms with van der Waals surface area (Å²) in [6.45, 7) is 5.71. The molecule has 2 aliphatic heterocycles. The van der Waals surface area contributed by atoms with Crippen LogP contribution < -0.4 is 10.2 Å². The molecule has 0 amide bonds. The van der Waals surface area contributed by atoms with E-state index in [1.165, 1.54) is 7.11 Å². The molecule has 2 atom stereocenters. The third-order valence-electron chi connectivity index (χ3n) is 3.99. The molecule has 1 N–H and O–H groups in total. The fraction of sp³-hybridized carbons (Fsp3) is 0.571. The minimum absolute atomic E-state index is 0.275. The van der Waals surface area contributed by atoms with Crippen LogP contribution >= 0.6 is 0 Å². The zero-order valence-corrected chi connectivity index (χ0v) is 12.0. The Bertz CT molecular complexity index is 560. The Morgan fingerprint density at radius 3 is 3.10 bits per heavy atom. The van der Waals surface area contributed by atoms with E-state index in [2.05, 4.69) is 27.3 Å². The Labute approximate surface area is 117 Å². The lowest BCUT2D eigenvalue weighted by Crippen LogP contribution is -2.55. The van der Waals surface area contributed by atoms with Gasteiger partial charge in [-0.3, -0.25) is 0 Å². The molecule has 1 aromatic rings. The molecule has 2 aliphatic rings. The van der Waals surface area contributed by atoms with E-state index >= 15 is 0 Å². The minimum Gasteiger partial charge on any atom is -0.399 e. The summed E-state index contributed by atoms with van der Waals surface area (Å²) in [6.07, 6.45) is 0.845. The fourth-order valence-electron chi connectivity index (χ4n) is 3.15. The average Bonchev–Trinajstić information content (AvgIpc) is 2.76. The average molecular weight is 278 g/mol. The van der Waals surface area contributed by atoms with Gasteiger partial charge in [0.05, 0.1) is 0 Å². The Kier molecular flexibility index (Phi) is 3.33. The lowest BCUT2D eigenvalue weighted by molar-refractivity contribution is 0.213. The molecule has 0 saturated carbocycles. The molecule has 1 fully saturated rings. The van der Waals surface area contributed by atoms with Crippen molar-refractivity contribution in [1.29, 1.82) is 0 Å². The van der Waals surface area contributed by atoms with Gasteiger partial charge in [-0.05, 0) is 31.9 Å². The molecule has 5 nitrogen and oxygen atoms in total. The second-order valence-corrected chi connectivity index (χ2v) is 5.43. The van der Waals surface area contributed by atoms with Crippen molar-refractivity contribution in [3.63, 3.8) is 0 Å². The van der Waals surface area contributed by atoms with Crippen LogP contribution in [0.2, 0.25) is 0 Å². The highest BCUT2D eigenvalue weighted by molar-refractivity contribution is 5.97. The maximum Gasteiger partial charge on any atom is 0.151 e. The van der Waals surface area contributed by atoms with Crippen LogP contribution in [0.3, 0.4) is 0 Å². The monoisotopic (exact) mass is 278 g/mol. The molecule has 1 saturated heterocycles. The highest BCUT2D eigenvalue weighted by Gasteiger charge is 2.37. The topological polar surface area (TPSA) is 49.8 Å². The number of hydrogen-bond acceptors (Lipinski definition) is 5. The largest absolute Gasteiger partial charge is 0.399 e. The molecule has 3 heterocycles. The minimum atomic E-state index is -0.331. The summed E-state index contributed by atoms with van der Waals surface area (Å²) in [7, 11) is 1.45. The van der Waals surface area contributed by atoms with E-state index in [1.807, 2.05) is 0 Å². The zero-order chi connectivity index (χ0) is 14.3. The van der Waals surface area contributed by atoms with Crippen LogP contribution in [-0.2, 0) is 11.3 Å². The van der Waals surface area contributed by atoms with Gasteiger partial charge in [-0.15, -0.1) is 0 Å². The van der Waals surface area contributed by atoms with Crippen LogP contribution in [0.4, 0.5) is 10.2 Å². The van der Waals surface area contributed by atoms with E-state index in [0.29, 0.717) is 17.8 Å². The van der Waals surface area contributed by atoms with Gasteiger partial charge in [0.1, 0.15) is 24.3 Å². The highest BCUT2D eigenvalue weighted by Crippen LogP contribution is 2.34. The van der Waals surface area contributed by atoms with Gasteiger partial charge in [-0.2, -0.15) is 0 Å². The molecule has 0 radical (unpaired) electrons. The van der Waals surface area contributed by atoms with Crippen molar-refractivity contribution in [3.8, 4) is 0 Å². The van der Waals surface area contributed by atoms with Gasteiger partial charge in [0.2, 0.25) is 0 Å². The van der Waals surface area contributed by atoms with Crippen molar-refractivity contribution in [3.05, 3.63) is 23.1 Å². The molecule has 0 spiro atoms. The fourth-order valence-corrected chi connectivity index (χ4v) is 3.15. The number of hydrogen-bond donors (Lipinski definition) is 1. The Hall–Kier alpha value is -1.69. The van der Waals surface area contributed by atoms with Crippen LogP contribution in [0, 0.1) is 5.82 Å². The van der Waals surface area contributed by atoms with Crippen molar-refractivity contribution in [2.24, 2.45) is 5.16 Å². The van der Waals surface area contributed by atoms with Crippen LogP contribution in [0.5, 0.6) is 0 Å². The summed E-state index contributed by atoms with van der Waals surface area (Å²) < 4.78 is 14.2. The van der Waals surface area contributed by atoms with E-state index in [4.69, 9.17) is 4.84 Å². The Morgan fingerprint density at radius 1 is 1.55 bits per heavy atom. The molecule has 0 aliphatic carbocycles. The lowest BCUT2D eigenvalue weighted by Gasteiger charge is -2.37. The van der Waals surface area contributed by atoms with E-state index in [1.54, 1.807) is 13.0 Å². The number of rotatable bonds is 2. The van der Waals surface area contributed by atoms with Gasteiger partial charge >= 0.3 is 0 Å². The number of fused-ring (bicyclic) bond motifs is 3. The lowest BCUT2D eigenvalue weighted by atomic mass is 10.1. The van der Waals surface area contributed by atoms with Crippen LogP contribution in [0.25, 0.3) is 0 Å². The third kappa shape index (κ3) is 2.04. The van der Waals surface area contributed by atoms with Crippen molar-refractivity contribution in [1.82, 2.24) is 10.3 Å². The van der Waals surface area contributed by atoms with Gasteiger partial charge < -0.3 is 15.1 Å². The smallest absolute Gasteiger partial charge is 0.151 e. The molecule has 0 aromatic carbocycles. The molecule has 3 rings (SSSR count). The van der Waals surface area contributed by atoms with Gasteiger partial charge in [0, 0.05) is 25.2 Å². The molecule has 0 unspecified atom stereocenters.